The van der Waals surface area contributed by atoms with Gasteiger partial charge in [0.15, 0.2) is 0 Å². The Bertz CT molecular complexity index is 454. The summed E-state index contributed by atoms with van der Waals surface area (Å²) in [5.41, 5.74) is 5.84. The van der Waals surface area contributed by atoms with Crippen LogP contribution in [0.1, 0.15) is 21.5 Å². The second-order valence-corrected chi connectivity index (χ2v) is 3.17. The molecule has 3 N–H and O–H groups in total. The van der Waals surface area contributed by atoms with E-state index >= 15 is 0 Å². The van der Waals surface area contributed by atoms with E-state index < -0.39 is 16.6 Å². The Kier molecular flexibility index (Phi) is 2.61. The van der Waals surface area contributed by atoms with Gasteiger partial charge in [-0.2, -0.15) is 0 Å². The van der Waals surface area contributed by atoms with Gasteiger partial charge in [-0.1, -0.05) is 0 Å². The first-order valence-corrected chi connectivity index (χ1v) is 4.13. The summed E-state index contributed by atoms with van der Waals surface area (Å²) in [7, 11) is 0. The number of nitro groups is 1. The summed E-state index contributed by atoms with van der Waals surface area (Å²) in [6.45, 7) is 3.10. The second-order valence-electron chi connectivity index (χ2n) is 3.17. The Balaban J connectivity index is 3.65. The van der Waals surface area contributed by atoms with Crippen LogP contribution < -0.4 is 5.73 Å². The summed E-state index contributed by atoms with van der Waals surface area (Å²) in [5.74, 6) is -1.35. The molecule has 0 saturated carbocycles. The van der Waals surface area contributed by atoms with Gasteiger partial charge in [0, 0.05) is 11.3 Å². The van der Waals surface area contributed by atoms with Crippen molar-refractivity contribution in [1.82, 2.24) is 0 Å². The molecular weight excluding hydrogens is 200 g/mol. The summed E-state index contributed by atoms with van der Waals surface area (Å²) in [5, 5.41) is 19.5. The average Bonchev–Trinajstić information content (AvgIpc) is 2.12. The van der Waals surface area contributed by atoms with Gasteiger partial charge in [-0.3, -0.25) is 10.1 Å². The smallest absolute Gasteiger partial charge is 0.342 e. The van der Waals surface area contributed by atoms with Crippen LogP contribution >= 0.6 is 0 Å². The highest BCUT2D eigenvalue weighted by Crippen LogP contribution is 2.30. The highest BCUT2D eigenvalue weighted by molar-refractivity contribution is 5.94. The van der Waals surface area contributed by atoms with Crippen molar-refractivity contribution in [2.75, 3.05) is 5.73 Å². The number of benzene rings is 1. The van der Waals surface area contributed by atoms with E-state index in [0.29, 0.717) is 5.56 Å². The minimum absolute atomic E-state index is 0.246. The van der Waals surface area contributed by atoms with E-state index in [1.807, 2.05) is 0 Å². The van der Waals surface area contributed by atoms with Crippen molar-refractivity contribution in [3.05, 3.63) is 32.9 Å². The number of carboxylic acid groups (broad SMARTS) is 1. The molecule has 0 unspecified atom stereocenters. The molecular formula is C9H10N2O4. The number of anilines is 1. The summed E-state index contributed by atoms with van der Waals surface area (Å²) in [4.78, 5) is 20.8. The molecule has 0 spiro atoms. The van der Waals surface area contributed by atoms with Gasteiger partial charge >= 0.3 is 5.97 Å². The van der Waals surface area contributed by atoms with Crippen LogP contribution in [0.4, 0.5) is 11.4 Å². The third kappa shape index (κ3) is 1.74. The minimum atomic E-state index is -1.35. The van der Waals surface area contributed by atoms with E-state index in [1.165, 1.54) is 6.92 Å². The van der Waals surface area contributed by atoms with Gasteiger partial charge < -0.3 is 10.8 Å². The van der Waals surface area contributed by atoms with E-state index in [9.17, 15) is 14.9 Å². The Labute approximate surface area is 85.5 Å². The normalized spacial score (nSPS) is 10.0. The second kappa shape index (κ2) is 3.56. The number of hydrogen-bond donors (Lipinski definition) is 2. The van der Waals surface area contributed by atoms with Crippen molar-refractivity contribution in [2.24, 2.45) is 0 Å². The van der Waals surface area contributed by atoms with Gasteiger partial charge in [-0.25, -0.2) is 4.79 Å². The predicted octanol–water partition coefficient (Wildman–Crippen LogP) is 1.49. The zero-order valence-electron chi connectivity index (χ0n) is 8.27. The summed E-state index contributed by atoms with van der Waals surface area (Å²) >= 11 is 0. The first-order valence-electron chi connectivity index (χ1n) is 4.13. The molecule has 1 rings (SSSR count). The lowest BCUT2D eigenvalue weighted by atomic mass is 10.0. The summed E-state index contributed by atoms with van der Waals surface area (Å²) < 4.78 is 0. The van der Waals surface area contributed by atoms with Crippen LogP contribution in [-0.4, -0.2) is 16.0 Å². The number of rotatable bonds is 2. The lowest BCUT2D eigenvalue weighted by Gasteiger charge is -2.07. The monoisotopic (exact) mass is 210 g/mol. The van der Waals surface area contributed by atoms with Crippen LogP contribution in [0.5, 0.6) is 0 Å². The number of carboxylic acids is 1. The van der Waals surface area contributed by atoms with Crippen molar-refractivity contribution >= 4 is 17.3 Å². The molecule has 80 valence electrons. The molecule has 1 aromatic rings. The lowest BCUT2D eigenvalue weighted by Crippen LogP contribution is -2.07. The Hall–Kier alpha value is -2.11. The molecule has 0 bridgehead atoms. The fraction of sp³-hybridized carbons (Fsp3) is 0.222. The Morgan fingerprint density at radius 1 is 1.47 bits per heavy atom. The summed E-state index contributed by atoms with van der Waals surface area (Å²) in [6, 6.07) is 1.11. The zero-order chi connectivity index (χ0) is 11.7. The largest absolute Gasteiger partial charge is 0.477 e. The van der Waals surface area contributed by atoms with Gasteiger partial charge in [0.25, 0.3) is 5.69 Å². The maximum atomic E-state index is 10.8. The highest BCUT2D eigenvalue weighted by Gasteiger charge is 2.25. The molecule has 0 saturated heterocycles. The van der Waals surface area contributed by atoms with Crippen molar-refractivity contribution < 1.29 is 14.8 Å². The number of hydrogen-bond acceptors (Lipinski definition) is 4. The maximum Gasteiger partial charge on any atom is 0.342 e. The molecule has 6 heteroatoms. The molecule has 1 aromatic carbocycles. The van der Waals surface area contributed by atoms with E-state index in [4.69, 9.17) is 10.8 Å². The fourth-order valence-electron chi connectivity index (χ4n) is 1.33. The third-order valence-corrected chi connectivity index (χ3v) is 2.32. The van der Waals surface area contributed by atoms with E-state index in [-0.39, 0.29) is 16.8 Å². The number of nitrogen functional groups attached to an aromatic ring is 1. The van der Waals surface area contributed by atoms with Gasteiger partial charge in [0.1, 0.15) is 5.56 Å². The molecule has 15 heavy (non-hydrogen) atoms. The standard InChI is InChI=1S/C9H10N2O4/c1-4-5(2)8(11(14)15)6(9(12)13)3-7(4)10/h3H,10H2,1-2H3,(H,12,13). The van der Waals surface area contributed by atoms with Gasteiger partial charge in [0.2, 0.25) is 0 Å². The molecule has 0 fully saturated rings. The number of nitro benzene ring substituents is 1. The molecule has 0 amide bonds. The molecule has 0 aliphatic heterocycles. The fourth-order valence-corrected chi connectivity index (χ4v) is 1.33. The van der Waals surface area contributed by atoms with Crippen LogP contribution in [0.3, 0.4) is 0 Å². The first kappa shape index (κ1) is 11.0. The van der Waals surface area contributed by atoms with Crippen molar-refractivity contribution in [2.45, 2.75) is 13.8 Å². The van der Waals surface area contributed by atoms with Crippen molar-refractivity contribution in [3.8, 4) is 0 Å². The van der Waals surface area contributed by atoms with Gasteiger partial charge in [-0.05, 0) is 25.5 Å². The van der Waals surface area contributed by atoms with E-state index in [2.05, 4.69) is 0 Å². The minimum Gasteiger partial charge on any atom is -0.477 e. The van der Waals surface area contributed by atoms with E-state index in [0.717, 1.165) is 6.07 Å². The summed E-state index contributed by atoms with van der Waals surface area (Å²) in [6.07, 6.45) is 0. The number of aromatic carboxylic acids is 1. The number of carbonyl (C=O) groups is 1. The van der Waals surface area contributed by atoms with Crippen LogP contribution in [0.2, 0.25) is 0 Å². The topological polar surface area (TPSA) is 106 Å². The highest BCUT2D eigenvalue weighted by atomic mass is 16.6. The quantitative estimate of drug-likeness (QED) is 0.437. The van der Waals surface area contributed by atoms with Crippen LogP contribution in [0.25, 0.3) is 0 Å². The molecule has 6 nitrogen and oxygen atoms in total. The third-order valence-electron chi connectivity index (χ3n) is 2.32. The molecule has 0 aliphatic rings. The molecule has 0 heterocycles. The Morgan fingerprint density at radius 2 is 2.00 bits per heavy atom. The molecule has 0 aromatic heterocycles. The predicted molar refractivity (Wildman–Crippen MR) is 53.9 cm³/mol. The Morgan fingerprint density at radius 3 is 2.40 bits per heavy atom. The van der Waals surface area contributed by atoms with Gasteiger partial charge in [-0.15, -0.1) is 0 Å². The zero-order valence-corrected chi connectivity index (χ0v) is 8.27. The van der Waals surface area contributed by atoms with Gasteiger partial charge in [0.05, 0.1) is 4.92 Å². The number of nitrogens with zero attached hydrogens (tertiary/aromatic N) is 1. The van der Waals surface area contributed by atoms with Crippen LogP contribution in [-0.2, 0) is 0 Å². The van der Waals surface area contributed by atoms with Crippen molar-refractivity contribution in [1.29, 1.82) is 0 Å². The van der Waals surface area contributed by atoms with Crippen LogP contribution in [0, 0.1) is 24.0 Å². The number of nitrogens with two attached hydrogens (primary N) is 1. The lowest BCUT2D eigenvalue weighted by molar-refractivity contribution is -0.385. The maximum absolute atomic E-state index is 10.8. The average molecular weight is 210 g/mol. The van der Waals surface area contributed by atoms with E-state index in [1.54, 1.807) is 6.92 Å². The molecule has 0 aliphatic carbocycles. The SMILES string of the molecule is Cc1c(N)cc(C(=O)O)c([N+](=O)[O-])c1C. The van der Waals surface area contributed by atoms with Crippen molar-refractivity contribution in [3.63, 3.8) is 0 Å². The molecule has 0 atom stereocenters. The van der Waals surface area contributed by atoms with Crippen LogP contribution in [0.15, 0.2) is 6.07 Å². The first-order chi connectivity index (χ1) is 6.86. The molecule has 0 radical (unpaired) electrons.